The van der Waals surface area contributed by atoms with Crippen LogP contribution in [0.1, 0.15) is 272 Å². The Labute approximate surface area is 348 Å². The summed E-state index contributed by atoms with van der Waals surface area (Å²) in [6.07, 6.45) is 42.4. The maximum Gasteiger partial charge on any atom is 0.306 e. The Morgan fingerprint density at radius 3 is 0.875 bits per heavy atom. The molecule has 6 nitrogen and oxygen atoms in total. The monoisotopic (exact) mass is 793 g/mol. The molecule has 0 unspecified atom stereocenters. The van der Waals surface area contributed by atoms with Gasteiger partial charge in [0.05, 0.1) is 0 Å². The first-order valence-corrected chi connectivity index (χ1v) is 24.7. The number of esters is 3. The average Bonchev–Trinajstić information content (AvgIpc) is 3.16. The molecule has 332 valence electrons. The zero-order chi connectivity index (χ0) is 41.2. The fourth-order valence-electron chi connectivity index (χ4n) is 7.46. The average molecular weight is 793 g/mol. The summed E-state index contributed by atoms with van der Waals surface area (Å²) in [5, 5.41) is 0. The second kappa shape index (κ2) is 43.0. The smallest absolute Gasteiger partial charge is 0.306 e. The molecule has 0 aromatic carbocycles. The molecule has 0 fully saturated rings. The lowest BCUT2D eigenvalue weighted by atomic mass is 10.0. The zero-order valence-corrected chi connectivity index (χ0v) is 38.3. The van der Waals surface area contributed by atoms with E-state index in [0.29, 0.717) is 19.3 Å². The highest BCUT2D eigenvalue weighted by Gasteiger charge is 2.19. The number of rotatable bonds is 44. The summed E-state index contributed by atoms with van der Waals surface area (Å²) in [6, 6.07) is 0. The van der Waals surface area contributed by atoms with E-state index in [4.69, 9.17) is 14.2 Å². The highest BCUT2D eigenvalue weighted by molar-refractivity contribution is 5.71. The molecule has 0 heterocycles. The number of hydrogen-bond acceptors (Lipinski definition) is 6. The van der Waals surface area contributed by atoms with Crippen LogP contribution in [0, 0.1) is 11.8 Å². The number of carbonyl (C=O) groups excluding carboxylic acids is 3. The van der Waals surface area contributed by atoms with Crippen molar-refractivity contribution in [3.05, 3.63) is 0 Å². The molecular weight excluding hydrogens is 697 g/mol. The third kappa shape index (κ3) is 43.5. The van der Waals surface area contributed by atoms with Gasteiger partial charge in [-0.3, -0.25) is 14.4 Å². The lowest BCUT2D eigenvalue weighted by Gasteiger charge is -2.18. The fraction of sp³-hybridized carbons (Fsp3) is 0.940. The van der Waals surface area contributed by atoms with E-state index in [2.05, 4.69) is 34.6 Å². The largest absolute Gasteiger partial charge is 0.462 e. The van der Waals surface area contributed by atoms with Crippen LogP contribution in [0.2, 0.25) is 0 Å². The van der Waals surface area contributed by atoms with Crippen molar-refractivity contribution in [1.82, 2.24) is 0 Å². The summed E-state index contributed by atoms with van der Waals surface area (Å²) in [5.41, 5.74) is 0. The van der Waals surface area contributed by atoms with Crippen LogP contribution in [0.4, 0.5) is 0 Å². The summed E-state index contributed by atoms with van der Waals surface area (Å²) in [7, 11) is 0. The van der Waals surface area contributed by atoms with Crippen LogP contribution < -0.4 is 0 Å². The standard InChI is InChI=1S/C50H96O6/c1-6-7-8-9-10-11-12-13-14-17-20-25-30-35-40-48(51)54-43-47(56-50(53)42-37-32-27-22-24-29-34-39-46(4)5)44-55-49(52)41-36-31-26-21-18-15-16-19-23-28-33-38-45(2)3/h45-47H,6-44H2,1-5H3/t47-/m1/s1. The molecule has 0 aliphatic rings. The van der Waals surface area contributed by atoms with Crippen molar-refractivity contribution in [2.75, 3.05) is 13.2 Å². The van der Waals surface area contributed by atoms with Crippen molar-refractivity contribution in [2.45, 2.75) is 278 Å². The molecular formula is C50H96O6. The van der Waals surface area contributed by atoms with E-state index in [1.807, 2.05) is 0 Å². The van der Waals surface area contributed by atoms with Crippen LogP contribution in [0.25, 0.3) is 0 Å². The minimum atomic E-state index is -0.761. The molecule has 0 amide bonds. The van der Waals surface area contributed by atoms with Gasteiger partial charge in [-0.25, -0.2) is 0 Å². The molecule has 0 saturated carbocycles. The van der Waals surface area contributed by atoms with Crippen LogP contribution in [-0.4, -0.2) is 37.2 Å². The normalized spacial score (nSPS) is 12.1. The molecule has 0 rings (SSSR count). The quantitative estimate of drug-likeness (QED) is 0.0347. The number of carbonyl (C=O) groups is 3. The molecule has 0 radical (unpaired) electrons. The third-order valence-corrected chi connectivity index (χ3v) is 11.2. The maximum absolute atomic E-state index is 12.7. The van der Waals surface area contributed by atoms with Gasteiger partial charge < -0.3 is 14.2 Å². The van der Waals surface area contributed by atoms with Crippen molar-refractivity contribution >= 4 is 17.9 Å². The Hall–Kier alpha value is -1.59. The van der Waals surface area contributed by atoms with Gasteiger partial charge in [-0.1, -0.05) is 234 Å². The second-order valence-corrected chi connectivity index (χ2v) is 18.1. The van der Waals surface area contributed by atoms with E-state index in [1.165, 1.54) is 161 Å². The van der Waals surface area contributed by atoms with Gasteiger partial charge in [0.2, 0.25) is 0 Å². The van der Waals surface area contributed by atoms with Gasteiger partial charge in [-0.2, -0.15) is 0 Å². The Morgan fingerprint density at radius 2 is 0.589 bits per heavy atom. The minimum Gasteiger partial charge on any atom is -0.462 e. The van der Waals surface area contributed by atoms with Crippen molar-refractivity contribution < 1.29 is 28.6 Å². The number of unbranched alkanes of at least 4 members (excludes halogenated alkanes) is 29. The van der Waals surface area contributed by atoms with Gasteiger partial charge in [-0.05, 0) is 31.1 Å². The van der Waals surface area contributed by atoms with Gasteiger partial charge in [0, 0.05) is 19.3 Å². The van der Waals surface area contributed by atoms with Crippen molar-refractivity contribution in [2.24, 2.45) is 11.8 Å². The van der Waals surface area contributed by atoms with E-state index in [9.17, 15) is 14.4 Å². The first kappa shape index (κ1) is 54.4. The van der Waals surface area contributed by atoms with Crippen LogP contribution in [0.3, 0.4) is 0 Å². The maximum atomic E-state index is 12.7. The lowest BCUT2D eigenvalue weighted by molar-refractivity contribution is -0.167. The number of hydrogen-bond donors (Lipinski definition) is 0. The summed E-state index contributed by atoms with van der Waals surface area (Å²) in [5.74, 6) is 0.750. The molecule has 56 heavy (non-hydrogen) atoms. The van der Waals surface area contributed by atoms with E-state index in [0.717, 1.165) is 69.6 Å². The summed E-state index contributed by atoms with van der Waals surface area (Å²) in [4.78, 5) is 37.8. The topological polar surface area (TPSA) is 78.9 Å². The Morgan fingerprint density at radius 1 is 0.339 bits per heavy atom. The Kier molecular flexibility index (Phi) is 41.8. The second-order valence-electron chi connectivity index (χ2n) is 18.1. The minimum absolute atomic E-state index is 0.0647. The molecule has 1 atom stereocenters. The Bertz CT molecular complexity index is 854. The van der Waals surface area contributed by atoms with Crippen molar-refractivity contribution in [3.63, 3.8) is 0 Å². The summed E-state index contributed by atoms with van der Waals surface area (Å²) in [6.45, 7) is 11.3. The van der Waals surface area contributed by atoms with Crippen LogP contribution in [0.5, 0.6) is 0 Å². The zero-order valence-electron chi connectivity index (χ0n) is 38.3. The first-order valence-electron chi connectivity index (χ1n) is 24.7. The van der Waals surface area contributed by atoms with Crippen molar-refractivity contribution in [3.8, 4) is 0 Å². The molecule has 0 aliphatic heterocycles. The number of ether oxygens (including phenoxy) is 3. The van der Waals surface area contributed by atoms with Gasteiger partial charge in [0.15, 0.2) is 6.10 Å². The van der Waals surface area contributed by atoms with Crippen molar-refractivity contribution in [1.29, 1.82) is 0 Å². The van der Waals surface area contributed by atoms with E-state index < -0.39 is 6.10 Å². The molecule has 6 heteroatoms. The first-order chi connectivity index (χ1) is 27.2. The van der Waals surface area contributed by atoms with E-state index in [-0.39, 0.29) is 31.1 Å². The van der Waals surface area contributed by atoms with E-state index in [1.54, 1.807) is 0 Å². The molecule has 0 N–H and O–H groups in total. The third-order valence-electron chi connectivity index (χ3n) is 11.2. The van der Waals surface area contributed by atoms with Crippen LogP contribution >= 0.6 is 0 Å². The van der Waals surface area contributed by atoms with Gasteiger partial charge in [0.1, 0.15) is 13.2 Å². The molecule has 0 aromatic heterocycles. The summed E-state index contributed by atoms with van der Waals surface area (Å²) >= 11 is 0. The van der Waals surface area contributed by atoms with Gasteiger partial charge >= 0.3 is 17.9 Å². The molecule has 0 aromatic rings. The van der Waals surface area contributed by atoms with Gasteiger partial charge in [0.25, 0.3) is 0 Å². The Balaban J connectivity index is 4.29. The summed E-state index contributed by atoms with van der Waals surface area (Å²) < 4.78 is 16.8. The van der Waals surface area contributed by atoms with Crippen LogP contribution in [0.15, 0.2) is 0 Å². The predicted molar refractivity (Wildman–Crippen MR) is 238 cm³/mol. The van der Waals surface area contributed by atoms with Crippen LogP contribution in [-0.2, 0) is 28.6 Å². The molecule has 0 spiro atoms. The molecule has 0 saturated heterocycles. The van der Waals surface area contributed by atoms with E-state index >= 15 is 0 Å². The van der Waals surface area contributed by atoms with Gasteiger partial charge in [-0.15, -0.1) is 0 Å². The SMILES string of the molecule is CCCCCCCCCCCCCCCCC(=O)OC[C@H](COC(=O)CCCCCCCCCCCCCC(C)C)OC(=O)CCCCCCCCCC(C)C. The molecule has 0 aliphatic carbocycles. The highest BCUT2D eigenvalue weighted by Crippen LogP contribution is 2.17. The predicted octanol–water partition coefficient (Wildman–Crippen LogP) is 15.8. The fourth-order valence-corrected chi connectivity index (χ4v) is 7.46. The highest BCUT2D eigenvalue weighted by atomic mass is 16.6. The lowest BCUT2D eigenvalue weighted by Crippen LogP contribution is -2.30. The molecule has 0 bridgehead atoms.